The van der Waals surface area contributed by atoms with E-state index in [-0.39, 0.29) is 5.91 Å². The Kier molecular flexibility index (Phi) is 3.49. The van der Waals surface area contributed by atoms with E-state index in [0.29, 0.717) is 12.2 Å². The van der Waals surface area contributed by atoms with Crippen molar-refractivity contribution >= 4 is 17.2 Å². The summed E-state index contributed by atoms with van der Waals surface area (Å²) in [6.45, 7) is 2.47. The van der Waals surface area contributed by atoms with Gasteiger partial charge in [0.05, 0.1) is 17.2 Å². The number of thiazole rings is 1. The second-order valence-corrected chi connectivity index (χ2v) is 4.80. The van der Waals surface area contributed by atoms with Crippen LogP contribution in [0.2, 0.25) is 0 Å². The van der Waals surface area contributed by atoms with Gasteiger partial charge in [-0.15, -0.1) is 11.3 Å². The van der Waals surface area contributed by atoms with E-state index in [4.69, 9.17) is 0 Å². The predicted molar refractivity (Wildman–Crippen MR) is 66.9 cm³/mol. The van der Waals surface area contributed by atoms with Crippen LogP contribution in [-0.2, 0) is 6.54 Å². The normalized spacial score (nSPS) is 10.2. The highest BCUT2D eigenvalue weighted by Crippen LogP contribution is 2.11. The lowest BCUT2D eigenvalue weighted by Crippen LogP contribution is -2.27. The zero-order chi connectivity index (χ0) is 12.3. The summed E-state index contributed by atoms with van der Waals surface area (Å²) in [6, 6.07) is 5.31. The van der Waals surface area contributed by atoms with Crippen LogP contribution in [0.5, 0.6) is 0 Å². The highest BCUT2D eigenvalue weighted by molar-refractivity contribution is 7.09. The molecule has 0 radical (unpaired) electrons. The first-order valence-corrected chi connectivity index (χ1v) is 6.12. The fraction of sp³-hybridized carbons (Fsp3) is 0.250. The quantitative estimate of drug-likeness (QED) is 0.834. The molecule has 2 rings (SSSR count). The van der Waals surface area contributed by atoms with Gasteiger partial charge in [-0.25, -0.2) is 4.98 Å². The van der Waals surface area contributed by atoms with Crippen molar-refractivity contribution in [3.63, 3.8) is 0 Å². The van der Waals surface area contributed by atoms with Gasteiger partial charge in [-0.1, -0.05) is 6.07 Å². The first-order valence-electron chi connectivity index (χ1n) is 5.24. The van der Waals surface area contributed by atoms with E-state index in [9.17, 15) is 4.79 Å². The van der Waals surface area contributed by atoms with Crippen LogP contribution in [0.15, 0.2) is 29.8 Å². The van der Waals surface area contributed by atoms with E-state index in [1.807, 2.05) is 12.3 Å². The lowest BCUT2D eigenvalue weighted by Gasteiger charge is -2.14. The van der Waals surface area contributed by atoms with E-state index in [2.05, 4.69) is 9.97 Å². The molecule has 17 heavy (non-hydrogen) atoms. The zero-order valence-corrected chi connectivity index (χ0v) is 10.6. The Morgan fingerprint density at radius 3 is 2.88 bits per heavy atom. The molecule has 0 aromatic carbocycles. The number of carbonyl (C=O) groups is 1. The Labute approximate surface area is 104 Å². The fourth-order valence-electron chi connectivity index (χ4n) is 1.48. The standard InChI is InChI=1S/C12H13N3OS/c1-9-14-10(8-17-9)7-15(2)12(16)11-5-3-4-6-13-11/h3-6,8H,7H2,1-2H3. The third-order valence-electron chi connectivity index (χ3n) is 2.30. The van der Waals surface area contributed by atoms with E-state index in [0.717, 1.165) is 10.7 Å². The summed E-state index contributed by atoms with van der Waals surface area (Å²) >= 11 is 1.59. The maximum Gasteiger partial charge on any atom is 0.272 e. The van der Waals surface area contributed by atoms with Gasteiger partial charge in [-0.05, 0) is 19.1 Å². The monoisotopic (exact) mass is 247 g/mol. The number of carbonyl (C=O) groups excluding carboxylic acids is 1. The summed E-state index contributed by atoms with van der Waals surface area (Å²) in [6.07, 6.45) is 1.62. The largest absolute Gasteiger partial charge is 0.334 e. The molecule has 2 aromatic heterocycles. The van der Waals surface area contributed by atoms with Gasteiger partial charge in [0.15, 0.2) is 0 Å². The summed E-state index contributed by atoms with van der Waals surface area (Å²) in [5.74, 6) is -0.0868. The molecule has 4 nitrogen and oxygen atoms in total. The molecule has 5 heteroatoms. The minimum Gasteiger partial charge on any atom is -0.334 e. The second kappa shape index (κ2) is 5.05. The molecule has 0 fully saturated rings. The maximum atomic E-state index is 12.0. The number of hydrogen-bond donors (Lipinski definition) is 0. The molecular formula is C12H13N3OS. The molecule has 0 bridgehead atoms. The number of aromatic nitrogens is 2. The average molecular weight is 247 g/mol. The molecule has 0 spiro atoms. The van der Waals surface area contributed by atoms with Crippen molar-refractivity contribution in [3.05, 3.63) is 46.2 Å². The van der Waals surface area contributed by atoms with Gasteiger partial charge in [0.25, 0.3) is 5.91 Å². The number of aryl methyl sites for hydroxylation is 1. The van der Waals surface area contributed by atoms with Gasteiger partial charge in [0.1, 0.15) is 5.69 Å². The Hall–Kier alpha value is -1.75. The van der Waals surface area contributed by atoms with Crippen LogP contribution < -0.4 is 0 Å². The van der Waals surface area contributed by atoms with Crippen molar-refractivity contribution in [1.29, 1.82) is 0 Å². The molecule has 88 valence electrons. The van der Waals surface area contributed by atoms with Gasteiger partial charge >= 0.3 is 0 Å². The zero-order valence-electron chi connectivity index (χ0n) is 9.75. The van der Waals surface area contributed by atoms with E-state index in [1.54, 1.807) is 47.7 Å². The van der Waals surface area contributed by atoms with E-state index in [1.165, 1.54) is 0 Å². The lowest BCUT2D eigenvalue weighted by molar-refractivity contribution is 0.0778. The van der Waals surface area contributed by atoms with Crippen molar-refractivity contribution in [2.75, 3.05) is 7.05 Å². The molecular weight excluding hydrogens is 234 g/mol. The van der Waals surface area contributed by atoms with Gasteiger partial charge < -0.3 is 4.90 Å². The summed E-state index contributed by atoms with van der Waals surface area (Å²) in [7, 11) is 1.76. The highest BCUT2D eigenvalue weighted by Gasteiger charge is 2.13. The smallest absolute Gasteiger partial charge is 0.272 e. The number of rotatable bonds is 3. The minimum absolute atomic E-state index is 0.0868. The average Bonchev–Trinajstić information content (AvgIpc) is 2.75. The predicted octanol–water partition coefficient (Wildman–Crippen LogP) is 2.12. The van der Waals surface area contributed by atoms with Crippen molar-refractivity contribution in [1.82, 2.24) is 14.9 Å². The first-order chi connectivity index (χ1) is 8.16. The number of pyridine rings is 1. The molecule has 2 heterocycles. The van der Waals surface area contributed by atoms with Crippen LogP contribution in [0, 0.1) is 6.92 Å². The summed E-state index contributed by atoms with van der Waals surface area (Å²) in [4.78, 5) is 22.0. The summed E-state index contributed by atoms with van der Waals surface area (Å²) in [5, 5.41) is 2.98. The molecule has 0 N–H and O–H groups in total. The Bertz CT molecular complexity index is 509. The minimum atomic E-state index is -0.0868. The molecule has 0 saturated heterocycles. The fourth-order valence-corrected chi connectivity index (χ4v) is 2.08. The molecule has 0 unspecified atom stereocenters. The van der Waals surface area contributed by atoms with Gasteiger partial charge in [0.2, 0.25) is 0 Å². The van der Waals surface area contributed by atoms with Crippen molar-refractivity contribution in [3.8, 4) is 0 Å². The molecule has 1 amide bonds. The second-order valence-electron chi connectivity index (χ2n) is 3.73. The lowest BCUT2D eigenvalue weighted by atomic mass is 10.3. The van der Waals surface area contributed by atoms with Gasteiger partial charge in [0, 0.05) is 18.6 Å². The molecule has 2 aromatic rings. The third kappa shape index (κ3) is 2.88. The van der Waals surface area contributed by atoms with Crippen LogP contribution in [0.4, 0.5) is 0 Å². The Morgan fingerprint density at radius 2 is 2.29 bits per heavy atom. The number of hydrogen-bond acceptors (Lipinski definition) is 4. The third-order valence-corrected chi connectivity index (χ3v) is 3.12. The summed E-state index contributed by atoms with van der Waals surface area (Å²) in [5.41, 5.74) is 1.38. The number of nitrogens with zero attached hydrogens (tertiary/aromatic N) is 3. The van der Waals surface area contributed by atoms with Crippen molar-refractivity contribution in [2.45, 2.75) is 13.5 Å². The van der Waals surface area contributed by atoms with Gasteiger partial charge in [-0.3, -0.25) is 9.78 Å². The number of amides is 1. The molecule has 0 atom stereocenters. The van der Waals surface area contributed by atoms with Crippen LogP contribution in [0.25, 0.3) is 0 Å². The first kappa shape index (κ1) is 11.7. The topological polar surface area (TPSA) is 46.1 Å². The van der Waals surface area contributed by atoms with Crippen molar-refractivity contribution in [2.24, 2.45) is 0 Å². The molecule has 0 aliphatic carbocycles. The van der Waals surface area contributed by atoms with Gasteiger partial charge in [-0.2, -0.15) is 0 Å². The van der Waals surface area contributed by atoms with E-state index < -0.39 is 0 Å². The van der Waals surface area contributed by atoms with Crippen LogP contribution in [0.1, 0.15) is 21.2 Å². The molecule has 0 aliphatic heterocycles. The van der Waals surface area contributed by atoms with Crippen molar-refractivity contribution < 1.29 is 4.79 Å². The van der Waals surface area contributed by atoms with Crippen LogP contribution in [0.3, 0.4) is 0 Å². The van der Waals surface area contributed by atoms with Crippen LogP contribution in [-0.4, -0.2) is 27.8 Å². The molecule has 0 saturated carbocycles. The van der Waals surface area contributed by atoms with Crippen LogP contribution >= 0.6 is 11.3 Å². The van der Waals surface area contributed by atoms with E-state index >= 15 is 0 Å². The SMILES string of the molecule is Cc1nc(CN(C)C(=O)c2ccccn2)cs1. The Morgan fingerprint density at radius 1 is 1.47 bits per heavy atom. The Balaban J connectivity index is 2.06. The highest BCUT2D eigenvalue weighted by atomic mass is 32.1. The summed E-state index contributed by atoms with van der Waals surface area (Å²) < 4.78 is 0. The maximum absolute atomic E-state index is 12.0. The molecule has 0 aliphatic rings.